The number of nitrogens with zero attached hydrogens (tertiary/aromatic N) is 2. The van der Waals surface area contributed by atoms with Crippen LogP contribution in [-0.2, 0) is 4.79 Å². The van der Waals surface area contributed by atoms with Crippen LogP contribution in [0.15, 0.2) is 52.9 Å². The predicted molar refractivity (Wildman–Crippen MR) is 125 cm³/mol. The monoisotopic (exact) mass is 456 g/mol. The minimum Gasteiger partial charge on any atom is -0.494 e. The molecule has 3 aromatic rings. The average molecular weight is 457 g/mol. The minimum absolute atomic E-state index is 0.124. The molecule has 1 aromatic heterocycles. The van der Waals surface area contributed by atoms with Gasteiger partial charge in [0.2, 0.25) is 11.0 Å². The largest absolute Gasteiger partial charge is 0.494 e. The first-order valence-corrected chi connectivity index (χ1v) is 11.7. The molecular weight excluding hydrogens is 432 g/mol. The number of carbonyl (C=O) groups excluding carboxylic acids is 2. The Hall–Kier alpha value is -2.91. The first-order valence-electron chi connectivity index (χ1n) is 9.91. The standard InChI is InChI=1S/C22H24N4O3S2/c1-3-4-13-29-17-11-9-16(10-12-17)20(28)24-21-25-26-22(31-21)30-14-19(27)23-18-8-6-5-7-15(18)2/h5-12H,3-4,13-14H2,1-2H3,(H,23,27)(H,24,25,28). The summed E-state index contributed by atoms with van der Waals surface area (Å²) < 4.78 is 6.21. The van der Waals surface area contributed by atoms with E-state index in [1.165, 1.54) is 23.1 Å². The summed E-state index contributed by atoms with van der Waals surface area (Å²) in [5.41, 5.74) is 2.30. The molecular formula is C22H24N4O3S2. The van der Waals surface area contributed by atoms with Crippen LogP contribution in [0.2, 0.25) is 0 Å². The third kappa shape index (κ3) is 7.08. The lowest BCUT2D eigenvalue weighted by Gasteiger charge is -2.06. The van der Waals surface area contributed by atoms with Crippen molar-refractivity contribution in [1.82, 2.24) is 10.2 Å². The number of hydrogen-bond acceptors (Lipinski definition) is 7. The molecule has 162 valence electrons. The van der Waals surface area contributed by atoms with Crippen molar-refractivity contribution in [2.75, 3.05) is 23.0 Å². The lowest BCUT2D eigenvalue weighted by Crippen LogP contribution is -2.14. The van der Waals surface area contributed by atoms with E-state index in [2.05, 4.69) is 27.8 Å². The molecule has 0 saturated carbocycles. The Morgan fingerprint density at radius 1 is 1.06 bits per heavy atom. The molecule has 0 atom stereocenters. The van der Waals surface area contributed by atoms with E-state index in [0.29, 0.717) is 21.6 Å². The van der Waals surface area contributed by atoms with Crippen LogP contribution in [0, 0.1) is 6.92 Å². The molecule has 2 aromatic carbocycles. The van der Waals surface area contributed by atoms with Gasteiger partial charge >= 0.3 is 0 Å². The maximum atomic E-state index is 12.4. The number of unbranched alkanes of at least 4 members (excludes halogenated alkanes) is 1. The van der Waals surface area contributed by atoms with E-state index in [9.17, 15) is 9.59 Å². The van der Waals surface area contributed by atoms with E-state index in [1.807, 2.05) is 31.2 Å². The molecule has 0 aliphatic rings. The summed E-state index contributed by atoms with van der Waals surface area (Å²) in [5.74, 6) is 0.547. The molecule has 0 radical (unpaired) electrons. The van der Waals surface area contributed by atoms with Gasteiger partial charge < -0.3 is 10.1 Å². The first-order chi connectivity index (χ1) is 15.0. The van der Waals surface area contributed by atoms with Gasteiger partial charge in [-0.2, -0.15) is 0 Å². The Morgan fingerprint density at radius 2 is 1.84 bits per heavy atom. The summed E-state index contributed by atoms with van der Waals surface area (Å²) in [4.78, 5) is 24.6. The number of para-hydroxylation sites is 1. The van der Waals surface area contributed by atoms with Gasteiger partial charge in [-0.25, -0.2) is 0 Å². The number of rotatable bonds is 10. The fourth-order valence-corrected chi connectivity index (χ4v) is 4.10. The predicted octanol–water partition coefficient (Wildman–Crippen LogP) is 5.01. The number of aromatic nitrogens is 2. The summed E-state index contributed by atoms with van der Waals surface area (Å²) >= 11 is 2.50. The highest BCUT2D eigenvalue weighted by molar-refractivity contribution is 8.01. The number of amides is 2. The molecule has 0 aliphatic carbocycles. The number of thioether (sulfide) groups is 1. The number of benzene rings is 2. The number of anilines is 2. The third-order valence-corrected chi connectivity index (χ3v) is 6.23. The lowest BCUT2D eigenvalue weighted by molar-refractivity contribution is -0.113. The normalized spacial score (nSPS) is 10.5. The number of carbonyl (C=O) groups is 2. The lowest BCUT2D eigenvalue weighted by atomic mass is 10.2. The quantitative estimate of drug-likeness (QED) is 0.253. The van der Waals surface area contributed by atoms with Crippen LogP contribution in [0.1, 0.15) is 35.7 Å². The van der Waals surface area contributed by atoms with Gasteiger partial charge in [0.05, 0.1) is 12.4 Å². The molecule has 2 N–H and O–H groups in total. The number of hydrogen-bond donors (Lipinski definition) is 2. The van der Waals surface area contributed by atoms with Crippen molar-refractivity contribution in [3.8, 4) is 5.75 Å². The van der Waals surface area contributed by atoms with Crippen molar-refractivity contribution < 1.29 is 14.3 Å². The molecule has 0 bridgehead atoms. The highest BCUT2D eigenvalue weighted by Crippen LogP contribution is 2.26. The zero-order chi connectivity index (χ0) is 22.1. The van der Waals surface area contributed by atoms with Crippen molar-refractivity contribution in [3.05, 3.63) is 59.7 Å². The van der Waals surface area contributed by atoms with Crippen LogP contribution in [0.3, 0.4) is 0 Å². The maximum Gasteiger partial charge on any atom is 0.257 e. The van der Waals surface area contributed by atoms with E-state index in [-0.39, 0.29) is 17.6 Å². The Bertz CT molecular complexity index is 1020. The maximum absolute atomic E-state index is 12.4. The van der Waals surface area contributed by atoms with E-state index in [0.717, 1.165) is 29.8 Å². The van der Waals surface area contributed by atoms with Crippen molar-refractivity contribution in [2.24, 2.45) is 0 Å². The fourth-order valence-electron chi connectivity index (χ4n) is 2.55. The molecule has 7 nitrogen and oxygen atoms in total. The van der Waals surface area contributed by atoms with Crippen molar-refractivity contribution >= 4 is 45.7 Å². The molecule has 0 aliphatic heterocycles. The van der Waals surface area contributed by atoms with Crippen LogP contribution in [-0.4, -0.2) is 34.4 Å². The van der Waals surface area contributed by atoms with Crippen molar-refractivity contribution in [2.45, 2.75) is 31.0 Å². The fraction of sp³-hybridized carbons (Fsp3) is 0.273. The van der Waals surface area contributed by atoms with Crippen LogP contribution in [0.5, 0.6) is 5.75 Å². The topological polar surface area (TPSA) is 93.2 Å². The summed E-state index contributed by atoms with van der Waals surface area (Å²) in [6, 6.07) is 14.6. The second kappa shape index (κ2) is 11.5. The average Bonchev–Trinajstić information content (AvgIpc) is 3.22. The molecule has 0 saturated heterocycles. The summed E-state index contributed by atoms with van der Waals surface area (Å²) in [7, 11) is 0. The molecule has 3 rings (SSSR count). The van der Waals surface area contributed by atoms with E-state index in [1.54, 1.807) is 24.3 Å². The zero-order valence-electron chi connectivity index (χ0n) is 17.4. The van der Waals surface area contributed by atoms with Gasteiger partial charge in [-0.3, -0.25) is 14.9 Å². The number of ether oxygens (including phenoxy) is 1. The van der Waals surface area contributed by atoms with E-state index < -0.39 is 0 Å². The van der Waals surface area contributed by atoms with Gasteiger partial charge in [-0.05, 0) is 49.2 Å². The van der Waals surface area contributed by atoms with Gasteiger partial charge in [-0.1, -0.05) is 54.6 Å². The molecule has 1 heterocycles. The van der Waals surface area contributed by atoms with Gasteiger partial charge in [0, 0.05) is 11.3 Å². The van der Waals surface area contributed by atoms with Gasteiger partial charge in [0.1, 0.15) is 5.75 Å². The number of nitrogens with one attached hydrogen (secondary N) is 2. The van der Waals surface area contributed by atoms with Crippen molar-refractivity contribution in [3.63, 3.8) is 0 Å². The second-order valence-electron chi connectivity index (χ2n) is 6.71. The molecule has 31 heavy (non-hydrogen) atoms. The SMILES string of the molecule is CCCCOc1ccc(C(=O)Nc2nnc(SCC(=O)Nc3ccccc3C)s2)cc1. The van der Waals surface area contributed by atoms with Crippen molar-refractivity contribution in [1.29, 1.82) is 0 Å². The highest BCUT2D eigenvalue weighted by Gasteiger charge is 2.12. The zero-order valence-corrected chi connectivity index (χ0v) is 19.0. The Balaban J connectivity index is 1.47. The van der Waals surface area contributed by atoms with Gasteiger partial charge in [0.25, 0.3) is 5.91 Å². The highest BCUT2D eigenvalue weighted by atomic mass is 32.2. The van der Waals surface area contributed by atoms with Crippen LogP contribution < -0.4 is 15.4 Å². The van der Waals surface area contributed by atoms with E-state index >= 15 is 0 Å². The first kappa shape index (κ1) is 22.8. The smallest absolute Gasteiger partial charge is 0.257 e. The Kier molecular flexibility index (Phi) is 8.43. The minimum atomic E-state index is -0.273. The molecule has 0 fully saturated rings. The Labute approximate surface area is 189 Å². The van der Waals surface area contributed by atoms with Gasteiger partial charge in [0.15, 0.2) is 4.34 Å². The summed E-state index contributed by atoms with van der Waals surface area (Å²) in [6.45, 7) is 4.71. The summed E-state index contributed by atoms with van der Waals surface area (Å²) in [6.07, 6.45) is 2.06. The third-order valence-electron chi connectivity index (χ3n) is 4.26. The second-order valence-corrected chi connectivity index (χ2v) is 8.91. The van der Waals surface area contributed by atoms with Crippen LogP contribution in [0.4, 0.5) is 10.8 Å². The van der Waals surface area contributed by atoms with Crippen LogP contribution in [0.25, 0.3) is 0 Å². The molecule has 9 heteroatoms. The van der Waals surface area contributed by atoms with Gasteiger partial charge in [-0.15, -0.1) is 10.2 Å². The van der Waals surface area contributed by atoms with E-state index in [4.69, 9.17) is 4.74 Å². The number of aryl methyl sites for hydroxylation is 1. The molecule has 0 spiro atoms. The molecule has 2 amide bonds. The molecule has 0 unspecified atom stereocenters. The summed E-state index contributed by atoms with van der Waals surface area (Å²) in [5, 5.41) is 14.0. The van der Waals surface area contributed by atoms with Crippen LogP contribution >= 0.6 is 23.1 Å². The Morgan fingerprint density at radius 3 is 2.58 bits per heavy atom.